The number of aromatic nitrogens is 2. The van der Waals surface area contributed by atoms with Gasteiger partial charge in [-0.15, -0.1) is 6.42 Å². The van der Waals surface area contributed by atoms with Gasteiger partial charge in [0.05, 0.1) is 16.3 Å². The molecule has 1 aromatic heterocycles. The first-order valence-electron chi connectivity index (χ1n) is 10.6. The number of rotatable bonds is 7. The molecule has 0 aliphatic rings. The minimum absolute atomic E-state index is 0.124. The summed E-state index contributed by atoms with van der Waals surface area (Å²) in [7, 11) is 1.74. The number of hydrogen-bond acceptors (Lipinski definition) is 4. The van der Waals surface area contributed by atoms with Crippen molar-refractivity contribution >= 4 is 34.9 Å². The van der Waals surface area contributed by atoms with Gasteiger partial charge in [0, 0.05) is 29.9 Å². The summed E-state index contributed by atoms with van der Waals surface area (Å²) in [5.74, 6) is 2.84. The van der Waals surface area contributed by atoms with E-state index in [-0.39, 0.29) is 18.4 Å². The third-order valence-corrected chi connectivity index (χ3v) is 5.43. The highest BCUT2D eigenvalue weighted by molar-refractivity contribution is 6.34. The van der Waals surface area contributed by atoms with Gasteiger partial charge in [0.15, 0.2) is 0 Å². The largest absolute Gasteiger partial charge is 0.481 e. The van der Waals surface area contributed by atoms with Gasteiger partial charge in [0.1, 0.15) is 18.2 Å². The lowest BCUT2D eigenvalue weighted by Gasteiger charge is -2.07. The van der Waals surface area contributed by atoms with Crippen LogP contribution < -0.4 is 15.4 Å². The molecular formula is C27H21ClN4O3. The molecule has 0 fully saturated rings. The van der Waals surface area contributed by atoms with E-state index < -0.39 is 0 Å². The molecule has 3 aromatic carbocycles. The van der Waals surface area contributed by atoms with Crippen LogP contribution in [0.25, 0.3) is 11.3 Å². The van der Waals surface area contributed by atoms with E-state index in [1.54, 1.807) is 78.5 Å². The Kier molecular flexibility index (Phi) is 7.15. The lowest BCUT2D eigenvalue weighted by Crippen LogP contribution is -2.14. The van der Waals surface area contributed by atoms with Crippen molar-refractivity contribution < 1.29 is 14.3 Å². The highest BCUT2D eigenvalue weighted by Gasteiger charge is 2.14. The minimum Gasteiger partial charge on any atom is -0.481 e. The standard InChI is InChI=1S/C27H21ClN4O3/c1-3-15-35-21-8-6-7-19(16-21)26(33)30-25-17-24(31-32(25)2)18-11-13-20(14-12-18)29-27(34)22-9-4-5-10-23(22)28/h1,4-14,16-17H,15H2,2H3,(H,29,34)(H,30,33). The second-order valence-electron chi connectivity index (χ2n) is 7.52. The zero-order valence-electron chi connectivity index (χ0n) is 18.8. The summed E-state index contributed by atoms with van der Waals surface area (Å²) >= 11 is 6.10. The first kappa shape index (κ1) is 23.6. The van der Waals surface area contributed by atoms with Crippen molar-refractivity contribution in [1.29, 1.82) is 0 Å². The van der Waals surface area contributed by atoms with Crippen LogP contribution in [0.4, 0.5) is 11.5 Å². The van der Waals surface area contributed by atoms with Crippen LogP contribution in [0.2, 0.25) is 5.02 Å². The second kappa shape index (κ2) is 10.6. The lowest BCUT2D eigenvalue weighted by atomic mass is 10.1. The van der Waals surface area contributed by atoms with Crippen molar-refractivity contribution in [2.45, 2.75) is 0 Å². The van der Waals surface area contributed by atoms with E-state index in [0.29, 0.717) is 39.1 Å². The smallest absolute Gasteiger partial charge is 0.257 e. The number of anilines is 2. The number of benzene rings is 3. The van der Waals surface area contributed by atoms with Crippen LogP contribution in [-0.4, -0.2) is 28.2 Å². The Bertz CT molecular complexity index is 1420. The van der Waals surface area contributed by atoms with Gasteiger partial charge in [-0.05, 0) is 42.5 Å². The Labute approximate surface area is 207 Å². The van der Waals surface area contributed by atoms with Crippen molar-refractivity contribution in [2.75, 3.05) is 17.2 Å². The summed E-state index contributed by atoms with van der Waals surface area (Å²) in [5, 5.41) is 10.6. The van der Waals surface area contributed by atoms with E-state index in [9.17, 15) is 9.59 Å². The predicted molar refractivity (Wildman–Crippen MR) is 137 cm³/mol. The maximum Gasteiger partial charge on any atom is 0.257 e. The number of amides is 2. The maximum absolute atomic E-state index is 12.7. The Morgan fingerprint density at radius 1 is 1.00 bits per heavy atom. The molecule has 0 bridgehead atoms. The van der Waals surface area contributed by atoms with Gasteiger partial charge in [0.25, 0.3) is 11.8 Å². The summed E-state index contributed by atoms with van der Waals surface area (Å²) in [6, 6.07) is 22.6. The SMILES string of the molecule is C#CCOc1cccc(C(=O)Nc2cc(-c3ccc(NC(=O)c4ccccc4Cl)cc3)nn2C)c1. The van der Waals surface area contributed by atoms with Gasteiger partial charge >= 0.3 is 0 Å². The normalized spacial score (nSPS) is 10.3. The van der Waals surface area contributed by atoms with Gasteiger partial charge in [-0.25, -0.2) is 0 Å². The third-order valence-electron chi connectivity index (χ3n) is 5.10. The summed E-state index contributed by atoms with van der Waals surface area (Å²) in [5.41, 5.74) is 2.94. The first-order chi connectivity index (χ1) is 16.9. The number of aryl methyl sites for hydroxylation is 1. The number of nitrogens with zero attached hydrogens (tertiary/aromatic N) is 2. The first-order valence-corrected chi connectivity index (χ1v) is 11.0. The molecule has 0 spiro atoms. The molecule has 4 rings (SSSR count). The number of hydrogen-bond donors (Lipinski definition) is 2. The van der Waals surface area contributed by atoms with E-state index in [2.05, 4.69) is 21.7 Å². The molecule has 4 aromatic rings. The van der Waals surface area contributed by atoms with Crippen molar-refractivity contribution in [2.24, 2.45) is 7.05 Å². The molecule has 7 nitrogen and oxygen atoms in total. The molecular weight excluding hydrogens is 464 g/mol. The number of nitrogens with one attached hydrogen (secondary N) is 2. The van der Waals surface area contributed by atoms with Crippen LogP contribution in [0.3, 0.4) is 0 Å². The molecule has 2 amide bonds. The van der Waals surface area contributed by atoms with E-state index in [1.165, 1.54) is 0 Å². The topological polar surface area (TPSA) is 85.2 Å². The van der Waals surface area contributed by atoms with E-state index in [1.807, 2.05) is 12.1 Å². The summed E-state index contributed by atoms with van der Waals surface area (Å²) < 4.78 is 6.96. The molecule has 0 radical (unpaired) electrons. The van der Waals surface area contributed by atoms with Crippen LogP contribution in [-0.2, 0) is 7.05 Å². The molecule has 2 N–H and O–H groups in total. The fourth-order valence-electron chi connectivity index (χ4n) is 3.33. The summed E-state index contributed by atoms with van der Waals surface area (Å²) in [4.78, 5) is 25.2. The summed E-state index contributed by atoms with van der Waals surface area (Å²) in [6.45, 7) is 0.124. The molecule has 1 heterocycles. The molecule has 8 heteroatoms. The Morgan fingerprint density at radius 3 is 2.51 bits per heavy atom. The molecule has 0 saturated carbocycles. The maximum atomic E-state index is 12.7. The van der Waals surface area contributed by atoms with Gasteiger partial charge in [-0.2, -0.15) is 5.10 Å². The Hall–Kier alpha value is -4.54. The third kappa shape index (κ3) is 5.69. The minimum atomic E-state index is -0.302. The van der Waals surface area contributed by atoms with E-state index >= 15 is 0 Å². The van der Waals surface area contributed by atoms with Crippen LogP contribution in [0.15, 0.2) is 78.9 Å². The van der Waals surface area contributed by atoms with Crippen LogP contribution in [0.5, 0.6) is 5.75 Å². The molecule has 0 saturated heterocycles. The number of ether oxygens (including phenoxy) is 1. The van der Waals surface area contributed by atoms with Gasteiger partial charge in [-0.1, -0.05) is 47.9 Å². The molecule has 35 heavy (non-hydrogen) atoms. The lowest BCUT2D eigenvalue weighted by molar-refractivity contribution is 0.101. The Balaban J connectivity index is 1.44. The molecule has 0 aliphatic carbocycles. The molecule has 174 valence electrons. The van der Waals surface area contributed by atoms with Gasteiger partial charge < -0.3 is 15.4 Å². The zero-order valence-corrected chi connectivity index (χ0v) is 19.5. The van der Waals surface area contributed by atoms with Crippen molar-refractivity contribution in [3.63, 3.8) is 0 Å². The van der Waals surface area contributed by atoms with Crippen molar-refractivity contribution in [1.82, 2.24) is 9.78 Å². The molecule has 0 aliphatic heterocycles. The summed E-state index contributed by atoms with van der Waals surface area (Å²) in [6.07, 6.45) is 5.21. The predicted octanol–water partition coefficient (Wildman–Crippen LogP) is 5.26. The van der Waals surface area contributed by atoms with Crippen LogP contribution in [0, 0.1) is 12.3 Å². The monoisotopic (exact) mass is 484 g/mol. The second-order valence-corrected chi connectivity index (χ2v) is 7.93. The highest BCUT2D eigenvalue weighted by Crippen LogP contribution is 2.25. The van der Waals surface area contributed by atoms with Crippen LogP contribution in [0.1, 0.15) is 20.7 Å². The average Bonchev–Trinajstić information content (AvgIpc) is 3.23. The fraction of sp³-hybridized carbons (Fsp3) is 0.0741. The number of halogens is 1. The van der Waals surface area contributed by atoms with Crippen molar-refractivity contribution in [3.8, 4) is 29.4 Å². The average molecular weight is 485 g/mol. The van der Waals surface area contributed by atoms with Crippen molar-refractivity contribution in [3.05, 3.63) is 95.0 Å². The van der Waals surface area contributed by atoms with E-state index in [0.717, 1.165) is 5.56 Å². The van der Waals surface area contributed by atoms with Gasteiger partial charge in [0.2, 0.25) is 0 Å². The number of carbonyl (C=O) groups is 2. The number of terminal acetylenes is 1. The fourth-order valence-corrected chi connectivity index (χ4v) is 3.56. The highest BCUT2D eigenvalue weighted by atomic mass is 35.5. The van der Waals surface area contributed by atoms with Gasteiger partial charge in [-0.3, -0.25) is 14.3 Å². The quantitative estimate of drug-likeness (QED) is 0.350. The van der Waals surface area contributed by atoms with Crippen LogP contribution >= 0.6 is 11.6 Å². The molecule has 0 unspecified atom stereocenters. The Morgan fingerprint density at radius 2 is 1.77 bits per heavy atom. The zero-order chi connectivity index (χ0) is 24.8. The van der Waals surface area contributed by atoms with E-state index in [4.69, 9.17) is 22.8 Å². The molecule has 0 atom stereocenters. The number of carbonyl (C=O) groups excluding carboxylic acids is 2.